The van der Waals surface area contributed by atoms with Crippen molar-refractivity contribution in [1.82, 2.24) is 14.5 Å². The van der Waals surface area contributed by atoms with Gasteiger partial charge >= 0.3 is 0 Å². The second kappa shape index (κ2) is 7.81. The molecule has 0 saturated heterocycles. The van der Waals surface area contributed by atoms with Gasteiger partial charge < -0.3 is 15.0 Å². The highest BCUT2D eigenvalue weighted by Crippen LogP contribution is 2.54. The summed E-state index contributed by atoms with van der Waals surface area (Å²) in [6.07, 6.45) is 5.87. The molecule has 29 heavy (non-hydrogen) atoms. The summed E-state index contributed by atoms with van der Waals surface area (Å²) < 4.78 is 2.04. The number of hydrogen-bond donors (Lipinski definition) is 2. The topological polar surface area (TPSA) is 63.0 Å². The molecule has 5 rings (SSSR count). The van der Waals surface area contributed by atoms with E-state index in [1.54, 1.807) is 23.7 Å². The molecule has 6 heteroatoms. The molecule has 4 aromatic rings. The Bertz CT molecular complexity index is 1080. The van der Waals surface area contributed by atoms with Crippen LogP contribution in [0.1, 0.15) is 47.0 Å². The van der Waals surface area contributed by atoms with Crippen LogP contribution in [-0.2, 0) is 6.54 Å². The zero-order valence-electron chi connectivity index (χ0n) is 15.8. The third-order valence-corrected chi connectivity index (χ3v) is 6.22. The Morgan fingerprint density at radius 3 is 2.72 bits per heavy atom. The number of pyridine rings is 1. The molecule has 146 valence electrons. The van der Waals surface area contributed by atoms with E-state index in [0.717, 1.165) is 28.5 Å². The third-order valence-electron chi connectivity index (χ3n) is 5.43. The van der Waals surface area contributed by atoms with Gasteiger partial charge in [0, 0.05) is 36.4 Å². The van der Waals surface area contributed by atoms with E-state index in [2.05, 4.69) is 46.0 Å². The van der Waals surface area contributed by atoms with E-state index in [4.69, 9.17) is 4.98 Å². The molecule has 1 aliphatic rings. The minimum absolute atomic E-state index is 0.483. The molecular formula is C23H22N4OS. The molecule has 2 N–H and O–H groups in total. The van der Waals surface area contributed by atoms with Crippen molar-refractivity contribution in [3.05, 3.63) is 101 Å². The molecule has 3 atom stereocenters. The van der Waals surface area contributed by atoms with Gasteiger partial charge in [0.2, 0.25) is 0 Å². The van der Waals surface area contributed by atoms with Crippen LogP contribution in [0.25, 0.3) is 0 Å². The first-order valence-electron chi connectivity index (χ1n) is 9.77. The van der Waals surface area contributed by atoms with Gasteiger partial charge in [0.05, 0.1) is 11.4 Å². The Morgan fingerprint density at radius 1 is 1.07 bits per heavy atom. The molecule has 0 aliphatic heterocycles. The number of benzene rings is 1. The van der Waals surface area contributed by atoms with Gasteiger partial charge in [-0.3, -0.25) is 4.98 Å². The Hall–Kier alpha value is -2.96. The zero-order chi connectivity index (χ0) is 19.6. The van der Waals surface area contributed by atoms with Crippen molar-refractivity contribution in [3.8, 4) is 0 Å². The van der Waals surface area contributed by atoms with Gasteiger partial charge in [-0.05, 0) is 47.7 Å². The average Bonchev–Trinajstić information content (AvgIpc) is 3.18. The molecule has 1 saturated carbocycles. The Balaban J connectivity index is 1.25. The number of aliphatic hydroxyl groups is 1. The maximum absolute atomic E-state index is 10.7. The lowest BCUT2D eigenvalue weighted by Gasteiger charge is -2.15. The van der Waals surface area contributed by atoms with Gasteiger partial charge in [0.1, 0.15) is 0 Å². The molecule has 3 aromatic heterocycles. The minimum atomic E-state index is -0.810. The van der Waals surface area contributed by atoms with Crippen LogP contribution in [-0.4, -0.2) is 19.6 Å². The monoisotopic (exact) mass is 402 g/mol. The third kappa shape index (κ3) is 3.95. The van der Waals surface area contributed by atoms with Crippen LogP contribution in [0.5, 0.6) is 0 Å². The number of aromatic nitrogens is 3. The van der Waals surface area contributed by atoms with Gasteiger partial charge in [0.15, 0.2) is 11.4 Å². The van der Waals surface area contributed by atoms with E-state index < -0.39 is 6.23 Å². The standard InChI is InChI=1S/C23H22N4OS/c28-22(21-7-4-12-27(21)14-16-8-10-24-11-9-16)26-23-25-20(15-29-23)19-13-18(19)17-5-2-1-3-6-17/h1-12,15,18-19,22,28H,13-14H2,(H,25,26)/t18-,19+,22?/m1/s1. The fourth-order valence-electron chi connectivity index (χ4n) is 3.81. The van der Waals surface area contributed by atoms with Crippen molar-refractivity contribution in [2.45, 2.75) is 31.0 Å². The van der Waals surface area contributed by atoms with E-state index in [9.17, 15) is 5.11 Å². The maximum atomic E-state index is 10.7. The number of rotatable bonds is 7. The number of nitrogens with one attached hydrogen (secondary N) is 1. The largest absolute Gasteiger partial charge is 0.368 e. The summed E-state index contributed by atoms with van der Waals surface area (Å²) >= 11 is 1.55. The van der Waals surface area contributed by atoms with Crippen LogP contribution in [0.3, 0.4) is 0 Å². The predicted molar refractivity (Wildman–Crippen MR) is 115 cm³/mol. The van der Waals surface area contributed by atoms with Crippen molar-refractivity contribution < 1.29 is 5.11 Å². The highest BCUT2D eigenvalue weighted by Gasteiger charge is 2.41. The van der Waals surface area contributed by atoms with Crippen molar-refractivity contribution in [2.24, 2.45) is 0 Å². The Morgan fingerprint density at radius 2 is 1.90 bits per heavy atom. The molecular weight excluding hydrogens is 380 g/mol. The average molecular weight is 403 g/mol. The Kier molecular flexibility index (Phi) is 4.87. The SMILES string of the molecule is OC(Nc1nc([C@H]2C[C@@H]2c2ccccc2)cs1)c1cccn1Cc1ccncc1. The summed E-state index contributed by atoms with van der Waals surface area (Å²) in [6.45, 7) is 0.688. The normalized spacial score (nSPS) is 19.1. The fourth-order valence-corrected chi connectivity index (χ4v) is 4.61. The van der Waals surface area contributed by atoms with Crippen molar-refractivity contribution in [3.63, 3.8) is 0 Å². The van der Waals surface area contributed by atoms with Crippen LogP contribution in [0.15, 0.2) is 78.6 Å². The molecule has 0 radical (unpaired) electrons. The van der Waals surface area contributed by atoms with Crippen LogP contribution >= 0.6 is 11.3 Å². The second-order valence-corrected chi connectivity index (χ2v) is 8.26. The van der Waals surface area contributed by atoms with Crippen LogP contribution in [0, 0.1) is 0 Å². The fraction of sp³-hybridized carbons (Fsp3) is 0.217. The lowest BCUT2D eigenvalue weighted by molar-refractivity contribution is 0.198. The van der Waals surface area contributed by atoms with Gasteiger partial charge in [-0.15, -0.1) is 11.3 Å². The molecule has 1 aromatic carbocycles. The van der Waals surface area contributed by atoms with Gasteiger partial charge in [-0.1, -0.05) is 30.3 Å². The second-order valence-electron chi connectivity index (χ2n) is 7.40. The van der Waals surface area contributed by atoms with E-state index >= 15 is 0 Å². The molecule has 1 aliphatic carbocycles. The number of nitrogens with zero attached hydrogens (tertiary/aromatic N) is 3. The summed E-state index contributed by atoms with van der Waals surface area (Å²) in [5.41, 5.74) is 4.45. The van der Waals surface area contributed by atoms with Crippen molar-refractivity contribution in [2.75, 3.05) is 5.32 Å². The lowest BCUT2D eigenvalue weighted by atomic mass is 10.1. The van der Waals surface area contributed by atoms with Crippen LogP contribution < -0.4 is 5.32 Å². The summed E-state index contributed by atoms with van der Waals surface area (Å²) in [7, 11) is 0. The lowest BCUT2D eigenvalue weighted by Crippen LogP contribution is -2.15. The molecule has 3 heterocycles. The van der Waals surface area contributed by atoms with E-state index in [1.165, 1.54) is 5.56 Å². The van der Waals surface area contributed by atoms with Gasteiger partial charge in [-0.2, -0.15) is 0 Å². The first-order valence-corrected chi connectivity index (χ1v) is 10.6. The van der Waals surface area contributed by atoms with E-state index in [1.807, 2.05) is 35.0 Å². The minimum Gasteiger partial charge on any atom is -0.368 e. The van der Waals surface area contributed by atoms with Crippen LogP contribution in [0.4, 0.5) is 5.13 Å². The highest BCUT2D eigenvalue weighted by atomic mass is 32.1. The maximum Gasteiger partial charge on any atom is 0.185 e. The molecule has 1 fully saturated rings. The predicted octanol–water partition coefficient (Wildman–Crippen LogP) is 4.76. The summed E-state index contributed by atoms with van der Waals surface area (Å²) in [5.74, 6) is 1.05. The summed E-state index contributed by atoms with van der Waals surface area (Å²) in [6, 6.07) is 18.5. The highest BCUT2D eigenvalue weighted by molar-refractivity contribution is 7.13. The van der Waals surface area contributed by atoms with Gasteiger partial charge in [-0.25, -0.2) is 4.98 Å². The first kappa shape index (κ1) is 18.1. The smallest absolute Gasteiger partial charge is 0.185 e. The summed E-state index contributed by atoms with van der Waals surface area (Å²) in [5, 5.41) is 16.8. The molecule has 5 nitrogen and oxygen atoms in total. The molecule has 1 unspecified atom stereocenters. The number of thiazole rings is 1. The molecule has 0 bridgehead atoms. The molecule has 0 spiro atoms. The Labute approximate surface area is 173 Å². The number of anilines is 1. The quantitative estimate of drug-likeness (QED) is 0.438. The number of aliphatic hydroxyl groups excluding tert-OH is 1. The number of hydrogen-bond acceptors (Lipinski definition) is 5. The van der Waals surface area contributed by atoms with E-state index in [-0.39, 0.29) is 0 Å². The summed E-state index contributed by atoms with van der Waals surface area (Å²) in [4.78, 5) is 8.80. The van der Waals surface area contributed by atoms with Crippen molar-refractivity contribution in [1.29, 1.82) is 0 Å². The molecule has 0 amide bonds. The van der Waals surface area contributed by atoms with Gasteiger partial charge in [0.25, 0.3) is 0 Å². The van der Waals surface area contributed by atoms with Crippen molar-refractivity contribution >= 4 is 16.5 Å². The first-order chi connectivity index (χ1) is 14.3. The van der Waals surface area contributed by atoms with E-state index in [0.29, 0.717) is 18.4 Å². The zero-order valence-corrected chi connectivity index (χ0v) is 16.7. The van der Waals surface area contributed by atoms with Crippen LogP contribution in [0.2, 0.25) is 0 Å².